The molecule has 2 aliphatic rings. The molecular weight excluding hydrogens is 506 g/mol. The van der Waals surface area contributed by atoms with Crippen molar-refractivity contribution in [2.75, 3.05) is 24.6 Å². The van der Waals surface area contributed by atoms with E-state index >= 15 is 0 Å². The summed E-state index contributed by atoms with van der Waals surface area (Å²) in [5.41, 5.74) is 1.66. The highest BCUT2D eigenvalue weighted by Gasteiger charge is 2.61. The Morgan fingerprint density at radius 2 is 1.77 bits per heavy atom. The second-order valence-corrected chi connectivity index (χ2v) is 10.8. The Balaban J connectivity index is 1.36. The molecule has 4 heterocycles. The molecule has 4 aromatic rings. The Morgan fingerprint density at radius 3 is 2.50 bits per heavy atom. The first-order valence-corrected chi connectivity index (χ1v) is 13.8. The fraction of sp³-hybridized carbons (Fsp3) is 0.387. The van der Waals surface area contributed by atoms with Gasteiger partial charge in [0.2, 0.25) is 23.6 Å². The van der Waals surface area contributed by atoms with Crippen LogP contribution in [0.3, 0.4) is 0 Å². The summed E-state index contributed by atoms with van der Waals surface area (Å²) in [5.74, 6) is 1.05. The molecular formula is C31H33N5O4. The van der Waals surface area contributed by atoms with E-state index in [9.17, 15) is 15.5 Å². The molecule has 40 heavy (non-hydrogen) atoms. The number of anilines is 1. The lowest BCUT2D eigenvalue weighted by molar-refractivity contribution is -0.0877. The number of hydrogen-bond acceptors (Lipinski definition) is 8. The lowest BCUT2D eigenvalue weighted by Crippen LogP contribution is -2.26. The van der Waals surface area contributed by atoms with Crippen molar-refractivity contribution in [1.82, 2.24) is 14.5 Å². The fourth-order valence-corrected chi connectivity index (χ4v) is 6.48. The van der Waals surface area contributed by atoms with E-state index in [-0.39, 0.29) is 11.8 Å². The van der Waals surface area contributed by atoms with Crippen LogP contribution in [0.1, 0.15) is 62.4 Å². The van der Waals surface area contributed by atoms with Crippen LogP contribution < -0.4 is 9.64 Å². The van der Waals surface area contributed by atoms with Gasteiger partial charge in [0.1, 0.15) is 5.60 Å². The predicted octanol–water partition coefficient (Wildman–Crippen LogP) is 5.56. The summed E-state index contributed by atoms with van der Waals surface area (Å²) in [4.78, 5) is 11.2. The summed E-state index contributed by atoms with van der Waals surface area (Å²) < 4.78 is 14.2. The van der Waals surface area contributed by atoms with Gasteiger partial charge < -0.3 is 24.6 Å². The highest BCUT2D eigenvalue weighted by molar-refractivity contribution is 5.95. The summed E-state index contributed by atoms with van der Waals surface area (Å²) in [6.45, 7) is 9.93. The number of aromatic nitrogens is 3. The van der Waals surface area contributed by atoms with Crippen molar-refractivity contribution < 1.29 is 19.7 Å². The van der Waals surface area contributed by atoms with E-state index in [1.165, 1.54) is 4.57 Å². The quantitative estimate of drug-likeness (QED) is 0.299. The van der Waals surface area contributed by atoms with E-state index in [4.69, 9.17) is 9.47 Å². The maximum absolute atomic E-state index is 11.7. The van der Waals surface area contributed by atoms with Crippen LogP contribution in [-0.2, 0) is 15.9 Å². The van der Waals surface area contributed by atoms with Crippen LogP contribution in [0.15, 0.2) is 42.5 Å². The molecule has 0 radical (unpaired) electrons. The molecule has 0 unspecified atom stereocenters. The standard InChI is InChI=1S/C31H33N5O4/c1-5-35(6-2)29-33-19(3)17-24(34-29)39-16-15-31-14-13-30(4,40-31)25-26(31)28(38)36(27(25)37)23-12-11-20(18-32)21-9-7-8-10-22(21)23/h7-12,17,37-38H,5-6,13-16H2,1-4H3/t30-,31-/m0/s1. The minimum Gasteiger partial charge on any atom is -0.494 e. The Bertz CT molecular complexity index is 1670. The molecule has 0 aliphatic carbocycles. The minimum atomic E-state index is -0.803. The molecule has 2 atom stereocenters. The number of aromatic hydroxyl groups is 2. The van der Waals surface area contributed by atoms with Gasteiger partial charge >= 0.3 is 0 Å². The van der Waals surface area contributed by atoms with Crippen molar-refractivity contribution in [2.45, 2.75) is 58.2 Å². The molecule has 1 fully saturated rings. The van der Waals surface area contributed by atoms with Gasteiger partial charge in [-0.15, -0.1) is 0 Å². The average Bonchev–Trinajstić information content (AvgIpc) is 3.52. The van der Waals surface area contributed by atoms with Crippen LogP contribution in [0.2, 0.25) is 0 Å². The van der Waals surface area contributed by atoms with E-state index in [0.29, 0.717) is 60.1 Å². The zero-order valence-corrected chi connectivity index (χ0v) is 23.2. The predicted molar refractivity (Wildman–Crippen MR) is 151 cm³/mol. The Morgan fingerprint density at radius 1 is 1.05 bits per heavy atom. The number of hydrogen-bond donors (Lipinski definition) is 2. The van der Waals surface area contributed by atoms with Crippen molar-refractivity contribution in [3.8, 4) is 29.4 Å². The van der Waals surface area contributed by atoms with E-state index in [0.717, 1.165) is 29.6 Å². The van der Waals surface area contributed by atoms with E-state index in [2.05, 4.69) is 34.8 Å². The molecule has 2 aromatic heterocycles. The topological polar surface area (TPSA) is 117 Å². The van der Waals surface area contributed by atoms with Gasteiger partial charge in [-0.3, -0.25) is 4.57 Å². The lowest BCUT2D eigenvalue weighted by atomic mass is 9.78. The molecule has 6 rings (SSSR count). The third-order valence-electron chi connectivity index (χ3n) is 8.42. The highest BCUT2D eigenvalue weighted by atomic mass is 16.5. The van der Waals surface area contributed by atoms with Gasteiger partial charge in [-0.1, -0.05) is 24.3 Å². The summed E-state index contributed by atoms with van der Waals surface area (Å²) in [6.07, 6.45) is 1.88. The number of nitriles is 1. The zero-order chi connectivity index (χ0) is 28.2. The van der Waals surface area contributed by atoms with Crippen LogP contribution >= 0.6 is 0 Å². The van der Waals surface area contributed by atoms with E-state index < -0.39 is 11.2 Å². The van der Waals surface area contributed by atoms with Crippen molar-refractivity contribution in [1.29, 1.82) is 5.26 Å². The summed E-state index contributed by atoms with van der Waals surface area (Å²) in [7, 11) is 0. The Labute approximate surface area is 233 Å². The maximum atomic E-state index is 11.7. The number of fused-ring (bicyclic) bond motifs is 6. The Kier molecular flexibility index (Phi) is 6.11. The molecule has 206 valence electrons. The number of benzene rings is 2. The van der Waals surface area contributed by atoms with Gasteiger partial charge in [0, 0.05) is 42.0 Å². The van der Waals surface area contributed by atoms with Crippen molar-refractivity contribution in [2.24, 2.45) is 0 Å². The van der Waals surface area contributed by atoms with Crippen LogP contribution in [0.5, 0.6) is 17.6 Å². The lowest BCUT2D eigenvalue weighted by Gasteiger charge is -2.26. The highest BCUT2D eigenvalue weighted by Crippen LogP contribution is 2.65. The molecule has 9 nitrogen and oxygen atoms in total. The number of nitrogens with zero attached hydrogens (tertiary/aromatic N) is 5. The monoisotopic (exact) mass is 539 g/mol. The smallest absolute Gasteiger partial charge is 0.228 e. The van der Waals surface area contributed by atoms with Crippen molar-refractivity contribution >= 4 is 16.7 Å². The van der Waals surface area contributed by atoms with E-state index in [1.807, 2.05) is 44.2 Å². The number of ether oxygens (including phenoxy) is 2. The van der Waals surface area contributed by atoms with Crippen LogP contribution in [-0.4, -0.2) is 44.4 Å². The molecule has 2 bridgehead atoms. The average molecular weight is 540 g/mol. The zero-order valence-electron chi connectivity index (χ0n) is 23.2. The first-order valence-electron chi connectivity index (χ1n) is 13.8. The second kappa shape index (κ2) is 9.42. The van der Waals surface area contributed by atoms with Crippen molar-refractivity contribution in [3.05, 3.63) is 64.8 Å². The van der Waals surface area contributed by atoms with Gasteiger partial charge in [0.05, 0.1) is 40.7 Å². The molecule has 2 aliphatic heterocycles. The maximum Gasteiger partial charge on any atom is 0.228 e. The first kappa shape index (κ1) is 26.0. The third-order valence-corrected chi connectivity index (χ3v) is 8.42. The normalized spacial score (nSPS) is 21.0. The van der Waals surface area contributed by atoms with Gasteiger partial charge in [0.15, 0.2) is 0 Å². The van der Waals surface area contributed by atoms with Crippen LogP contribution in [0, 0.1) is 18.3 Å². The molecule has 2 N–H and O–H groups in total. The van der Waals surface area contributed by atoms with Crippen LogP contribution in [0.25, 0.3) is 16.5 Å². The summed E-state index contributed by atoms with van der Waals surface area (Å²) >= 11 is 0. The van der Waals surface area contributed by atoms with Gasteiger partial charge in [-0.05, 0) is 52.7 Å². The number of aryl methyl sites for hydroxylation is 1. The fourth-order valence-electron chi connectivity index (χ4n) is 6.48. The minimum absolute atomic E-state index is 0.0392. The molecule has 0 spiro atoms. The number of rotatable bonds is 8. The Hall–Kier alpha value is -4.29. The van der Waals surface area contributed by atoms with Gasteiger partial charge in [-0.25, -0.2) is 4.98 Å². The SMILES string of the molecule is CCN(CC)c1nc(C)cc(OCC[C@]23CC[C@](C)(O2)c2c3c(O)n(-c3ccc(C#N)c4ccccc34)c2O)n1. The van der Waals surface area contributed by atoms with E-state index in [1.54, 1.807) is 12.1 Å². The van der Waals surface area contributed by atoms with Gasteiger partial charge in [-0.2, -0.15) is 10.2 Å². The third kappa shape index (κ3) is 3.78. The van der Waals surface area contributed by atoms with Crippen LogP contribution in [0.4, 0.5) is 5.95 Å². The molecule has 1 saturated heterocycles. The molecule has 9 heteroatoms. The summed E-state index contributed by atoms with van der Waals surface area (Å²) in [6, 6.07) is 15.0. The van der Waals surface area contributed by atoms with Gasteiger partial charge in [0.25, 0.3) is 0 Å². The molecule has 2 aromatic carbocycles. The molecule has 0 amide bonds. The largest absolute Gasteiger partial charge is 0.494 e. The van der Waals surface area contributed by atoms with Crippen molar-refractivity contribution in [3.63, 3.8) is 0 Å². The first-order chi connectivity index (χ1) is 19.2. The summed E-state index contributed by atoms with van der Waals surface area (Å²) in [5, 5.41) is 34.3. The second-order valence-electron chi connectivity index (χ2n) is 10.8. The molecule has 0 saturated carbocycles.